The number of hydrogen-bond donors (Lipinski definition) is 3. The van der Waals surface area contributed by atoms with Gasteiger partial charge in [-0.15, -0.1) is 0 Å². The number of aliphatic hydroxyl groups is 1. The molecule has 3 N–H and O–H groups in total. The normalized spacial score (nSPS) is 18.2. The molecule has 0 saturated carbocycles. The number of ether oxygens (including phenoxy) is 1. The van der Waals surface area contributed by atoms with Crippen molar-refractivity contribution in [3.63, 3.8) is 0 Å². The van der Waals surface area contributed by atoms with Crippen molar-refractivity contribution in [2.24, 2.45) is 0 Å². The highest BCUT2D eigenvalue weighted by Gasteiger charge is 2.45. The molecule has 1 aromatic rings. The highest BCUT2D eigenvalue weighted by atomic mass is 16.5. The third-order valence-corrected chi connectivity index (χ3v) is 5.17. The number of hydrogen-bond acceptors (Lipinski definition) is 7. The monoisotopic (exact) mass is 431 g/mol. The number of rotatable bonds is 10. The predicted octanol–water partition coefficient (Wildman–Crippen LogP) is 0.596. The Labute approximate surface area is 178 Å². The molecule has 0 aliphatic carbocycles. The molecule has 0 aromatic heterocycles. The number of amides is 5. The number of benzene rings is 1. The second-order valence-electron chi connectivity index (χ2n) is 7.37. The van der Waals surface area contributed by atoms with E-state index < -0.39 is 29.7 Å². The van der Waals surface area contributed by atoms with Crippen LogP contribution in [0.25, 0.3) is 0 Å². The van der Waals surface area contributed by atoms with Crippen LogP contribution in [0.4, 0.5) is 5.69 Å². The molecule has 3 rings (SSSR count). The Morgan fingerprint density at radius 1 is 1.13 bits per heavy atom. The molecule has 10 heteroatoms. The van der Waals surface area contributed by atoms with E-state index in [1.54, 1.807) is 12.1 Å². The summed E-state index contributed by atoms with van der Waals surface area (Å²) in [5.41, 5.74) is 0.401. The molecule has 2 heterocycles. The SMILES string of the molecule is O=C1CCC(N2C(=O)c3cccc(NC(=O)CCCCCOCCO)c3C2=O)C(=O)N1. The van der Waals surface area contributed by atoms with Crippen LogP contribution >= 0.6 is 0 Å². The van der Waals surface area contributed by atoms with Crippen molar-refractivity contribution in [2.75, 3.05) is 25.1 Å². The summed E-state index contributed by atoms with van der Waals surface area (Å²) in [6.45, 7) is 0.787. The maximum Gasteiger partial charge on any atom is 0.264 e. The molecule has 0 spiro atoms. The first-order valence-electron chi connectivity index (χ1n) is 10.3. The van der Waals surface area contributed by atoms with Gasteiger partial charge in [-0.2, -0.15) is 0 Å². The Kier molecular flexibility index (Phi) is 7.48. The van der Waals surface area contributed by atoms with Crippen molar-refractivity contribution in [3.05, 3.63) is 29.3 Å². The maximum atomic E-state index is 13.0. The second-order valence-corrected chi connectivity index (χ2v) is 7.37. The molecule has 1 fully saturated rings. The predicted molar refractivity (Wildman–Crippen MR) is 108 cm³/mol. The number of nitrogens with zero attached hydrogens (tertiary/aromatic N) is 1. The lowest BCUT2D eigenvalue weighted by Gasteiger charge is -2.27. The fraction of sp³-hybridized carbons (Fsp3) is 0.476. The number of unbranched alkanes of at least 4 members (excludes halogenated alkanes) is 2. The van der Waals surface area contributed by atoms with Crippen LogP contribution in [0.5, 0.6) is 0 Å². The molecular formula is C21H25N3O7. The number of piperidine rings is 1. The Bertz CT molecular complexity index is 899. The zero-order valence-electron chi connectivity index (χ0n) is 17.0. The first-order valence-corrected chi connectivity index (χ1v) is 10.3. The Balaban J connectivity index is 1.62. The van der Waals surface area contributed by atoms with E-state index in [0.717, 1.165) is 17.7 Å². The first kappa shape index (κ1) is 22.6. The standard InChI is InChI=1S/C21H25N3O7/c25-10-12-31-11-3-1-2-7-16(26)22-14-6-4-5-13-18(14)21(30)24(20(13)29)15-8-9-17(27)23-19(15)28/h4-6,15,25H,1-3,7-12H2,(H,22,26)(H,23,27,28). The molecule has 1 saturated heterocycles. The molecule has 2 aliphatic heterocycles. The molecule has 0 radical (unpaired) electrons. The van der Waals surface area contributed by atoms with Crippen molar-refractivity contribution in [1.82, 2.24) is 10.2 Å². The summed E-state index contributed by atoms with van der Waals surface area (Å²) in [7, 11) is 0. The summed E-state index contributed by atoms with van der Waals surface area (Å²) in [5, 5.41) is 13.5. The Hall–Kier alpha value is -3.11. The summed E-state index contributed by atoms with van der Waals surface area (Å²) >= 11 is 0. The minimum Gasteiger partial charge on any atom is -0.394 e. The fourth-order valence-corrected chi connectivity index (χ4v) is 3.66. The van der Waals surface area contributed by atoms with Gasteiger partial charge in [0.2, 0.25) is 17.7 Å². The lowest BCUT2D eigenvalue weighted by atomic mass is 10.0. The van der Waals surface area contributed by atoms with Gasteiger partial charge in [-0.3, -0.25) is 34.2 Å². The van der Waals surface area contributed by atoms with E-state index in [9.17, 15) is 24.0 Å². The van der Waals surface area contributed by atoms with Crippen LogP contribution < -0.4 is 10.6 Å². The topological polar surface area (TPSA) is 142 Å². The van der Waals surface area contributed by atoms with Gasteiger partial charge in [0.05, 0.1) is 30.0 Å². The van der Waals surface area contributed by atoms with Crippen molar-refractivity contribution in [3.8, 4) is 0 Å². The highest BCUT2D eigenvalue weighted by molar-refractivity contribution is 6.26. The van der Waals surface area contributed by atoms with Gasteiger partial charge in [0.25, 0.3) is 11.8 Å². The quantitative estimate of drug-likeness (QED) is 0.364. The number of fused-ring (bicyclic) bond motifs is 1. The summed E-state index contributed by atoms with van der Waals surface area (Å²) in [6, 6.07) is 3.52. The van der Waals surface area contributed by atoms with Crippen LogP contribution in [0.2, 0.25) is 0 Å². The number of carbonyl (C=O) groups excluding carboxylic acids is 5. The van der Waals surface area contributed by atoms with Gasteiger partial charge in [0, 0.05) is 19.4 Å². The number of aliphatic hydroxyl groups excluding tert-OH is 1. The van der Waals surface area contributed by atoms with Gasteiger partial charge in [-0.1, -0.05) is 12.5 Å². The minimum absolute atomic E-state index is 0.0218. The smallest absolute Gasteiger partial charge is 0.264 e. The zero-order chi connectivity index (χ0) is 22.4. The molecule has 166 valence electrons. The number of anilines is 1. The molecule has 31 heavy (non-hydrogen) atoms. The van der Waals surface area contributed by atoms with Crippen LogP contribution in [-0.4, -0.2) is 65.4 Å². The van der Waals surface area contributed by atoms with E-state index in [-0.39, 0.29) is 48.6 Å². The van der Waals surface area contributed by atoms with E-state index in [1.165, 1.54) is 6.07 Å². The van der Waals surface area contributed by atoms with Gasteiger partial charge in [-0.25, -0.2) is 0 Å². The van der Waals surface area contributed by atoms with Gasteiger partial charge in [0.1, 0.15) is 6.04 Å². The number of nitrogens with one attached hydrogen (secondary N) is 2. The number of imide groups is 2. The lowest BCUT2D eigenvalue weighted by Crippen LogP contribution is -2.54. The van der Waals surface area contributed by atoms with E-state index >= 15 is 0 Å². The first-order chi connectivity index (χ1) is 14.9. The van der Waals surface area contributed by atoms with Crippen LogP contribution in [0, 0.1) is 0 Å². The zero-order valence-corrected chi connectivity index (χ0v) is 17.0. The summed E-state index contributed by atoms with van der Waals surface area (Å²) in [5.74, 6) is -2.69. The van der Waals surface area contributed by atoms with E-state index in [1.807, 2.05) is 0 Å². The molecule has 5 amide bonds. The van der Waals surface area contributed by atoms with Crippen molar-refractivity contribution in [2.45, 2.75) is 44.6 Å². The average Bonchev–Trinajstić information content (AvgIpc) is 2.99. The summed E-state index contributed by atoms with van der Waals surface area (Å²) in [6.07, 6.45) is 2.51. The Morgan fingerprint density at radius 2 is 1.94 bits per heavy atom. The van der Waals surface area contributed by atoms with Gasteiger partial charge >= 0.3 is 0 Å². The Morgan fingerprint density at radius 3 is 2.68 bits per heavy atom. The fourth-order valence-electron chi connectivity index (χ4n) is 3.66. The summed E-state index contributed by atoms with van der Waals surface area (Å²) in [4.78, 5) is 62.5. The lowest BCUT2D eigenvalue weighted by molar-refractivity contribution is -0.136. The van der Waals surface area contributed by atoms with E-state index in [4.69, 9.17) is 9.84 Å². The van der Waals surface area contributed by atoms with Crippen molar-refractivity contribution in [1.29, 1.82) is 0 Å². The van der Waals surface area contributed by atoms with E-state index in [0.29, 0.717) is 19.6 Å². The largest absolute Gasteiger partial charge is 0.394 e. The molecule has 1 atom stereocenters. The molecule has 1 unspecified atom stereocenters. The molecular weight excluding hydrogens is 406 g/mol. The molecule has 10 nitrogen and oxygen atoms in total. The van der Waals surface area contributed by atoms with Crippen molar-refractivity contribution >= 4 is 35.2 Å². The maximum absolute atomic E-state index is 13.0. The van der Waals surface area contributed by atoms with Gasteiger partial charge in [0.15, 0.2) is 0 Å². The highest BCUT2D eigenvalue weighted by Crippen LogP contribution is 2.32. The van der Waals surface area contributed by atoms with Crippen LogP contribution in [0.3, 0.4) is 0 Å². The number of carbonyl (C=O) groups is 5. The third-order valence-electron chi connectivity index (χ3n) is 5.17. The van der Waals surface area contributed by atoms with E-state index in [2.05, 4.69) is 10.6 Å². The molecule has 1 aromatic carbocycles. The van der Waals surface area contributed by atoms with Crippen LogP contribution in [0.15, 0.2) is 18.2 Å². The summed E-state index contributed by atoms with van der Waals surface area (Å²) < 4.78 is 5.16. The van der Waals surface area contributed by atoms with Gasteiger partial charge < -0.3 is 15.2 Å². The average molecular weight is 431 g/mol. The second kappa shape index (κ2) is 10.3. The third kappa shape index (κ3) is 5.15. The van der Waals surface area contributed by atoms with Crippen LogP contribution in [-0.2, 0) is 19.1 Å². The molecule has 2 aliphatic rings. The van der Waals surface area contributed by atoms with Crippen LogP contribution in [0.1, 0.15) is 59.2 Å². The molecule has 0 bridgehead atoms. The minimum atomic E-state index is -1.05. The van der Waals surface area contributed by atoms with Gasteiger partial charge in [-0.05, 0) is 31.4 Å². The van der Waals surface area contributed by atoms with Crippen molar-refractivity contribution < 1.29 is 33.8 Å².